The first-order chi connectivity index (χ1) is 10.6. The molecule has 2 aromatic rings. The predicted molar refractivity (Wildman–Crippen MR) is 82.0 cm³/mol. The summed E-state index contributed by atoms with van der Waals surface area (Å²) < 4.78 is 10.4. The summed E-state index contributed by atoms with van der Waals surface area (Å²) in [4.78, 5) is 16.6. The summed E-state index contributed by atoms with van der Waals surface area (Å²) in [6.45, 7) is 0.194. The van der Waals surface area contributed by atoms with Crippen molar-refractivity contribution in [1.82, 2.24) is 0 Å². The number of hydrogen-bond donors (Lipinski definition) is 0. The molecule has 0 radical (unpaired) electrons. The molecular weight excluding hydrogens is 329 g/mol. The molecule has 0 fully saturated rings. The van der Waals surface area contributed by atoms with E-state index in [4.69, 9.17) is 37.5 Å². The highest BCUT2D eigenvalue weighted by Crippen LogP contribution is 2.32. The molecule has 5 nitrogen and oxygen atoms in total. The lowest BCUT2D eigenvalue weighted by Gasteiger charge is -2.01. The Bertz CT molecular complexity index is 761. The van der Waals surface area contributed by atoms with Crippen molar-refractivity contribution in [1.29, 1.82) is 0 Å². The first-order valence-electron chi connectivity index (χ1n) is 6.23. The van der Waals surface area contributed by atoms with Crippen molar-refractivity contribution < 1.29 is 19.1 Å². The SMILES string of the molecule is O=C(ON=Cc1ccc2c(c1)OCO2)c1ccc(Cl)cc1Cl. The van der Waals surface area contributed by atoms with Gasteiger partial charge in [-0.05, 0) is 36.4 Å². The van der Waals surface area contributed by atoms with E-state index in [1.165, 1.54) is 18.3 Å². The third kappa shape index (κ3) is 3.16. The first-order valence-corrected chi connectivity index (χ1v) is 6.98. The summed E-state index contributed by atoms with van der Waals surface area (Å²) >= 11 is 11.7. The molecule has 0 aromatic heterocycles. The average Bonchev–Trinajstić information content (AvgIpc) is 2.94. The highest BCUT2D eigenvalue weighted by molar-refractivity contribution is 6.36. The number of hydrogen-bond acceptors (Lipinski definition) is 5. The monoisotopic (exact) mass is 337 g/mol. The van der Waals surface area contributed by atoms with Crippen LogP contribution in [0.15, 0.2) is 41.6 Å². The number of fused-ring (bicyclic) bond motifs is 1. The van der Waals surface area contributed by atoms with Crippen molar-refractivity contribution in [3.05, 3.63) is 57.6 Å². The van der Waals surface area contributed by atoms with E-state index in [9.17, 15) is 4.79 Å². The molecule has 0 unspecified atom stereocenters. The Morgan fingerprint density at radius 2 is 1.95 bits per heavy atom. The van der Waals surface area contributed by atoms with Gasteiger partial charge in [0, 0.05) is 10.6 Å². The first kappa shape index (κ1) is 14.7. The maximum absolute atomic E-state index is 11.8. The Balaban J connectivity index is 1.68. The van der Waals surface area contributed by atoms with Gasteiger partial charge in [0.25, 0.3) is 0 Å². The van der Waals surface area contributed by atoms with Gasteiger partial charge >= 0.3 is 5.97 Å². The van der Waals surface area contributed by atoms with E-state index in [2.05, 4.69) is 5.16 Å². The zero-order chi connectivity index (χ0) is 15.5. The van der Waals surface area contributed by atoms with Crippen LogP contribution in [0.2, 0.25) is 10.0 Å². The van der Waals surface area contributed by atoms with Crippen LogP contribution in [-0.2, 0) is 4.84 Å². The molecule has 1 aliphatic heterocycles. The van der Waals surface area contributed by atoms with E-state index in [1.807, 2.05) is 0 Å². The molecule has 0 saturated heterocycles. The molecule has 0 saturated carbocycles. The van der Waals surface area contributed by atoms with E-state index < -0.39 is 5.97 Å². The molecule has 7 heteroatoms. The lowest BCUT2D eigenvalue weighted by Crippen LogP contribution is -2.02. The number of benzene rings is 2. The summed E-state index contributed by atoms with van der Waals surface area (Å²) in [5.74, 6) is 0.622. The minimum Gasteiger partial charge on any atom is -0.454 e. The lowest BCUT2D eigenvalue weighted by atomic mass is 10.2. The van der Waals surface area contributed by atoms with E-state index in [-0.39, 0.29) is 17.4 Å². The van der Waals surface area contributed by atoms with Crippen molar-refractivity contribution in [2.75, 3.05) is 6.79 Å². The van der Waals surface area contributed by atoms with Crippen LogP contribution in [0.3, 0.4) is 0 Å². The van der Waals surface area contributed by atoms with Crippen molar-refractivity contribution in [2.24, 2.45) is 5.16 Å². The Morgan fingerprint density at radius 3 is 2.77 bits per heavy atom. The maximum Gasteiger partial charge on any atom is 0.367 e. The number of carbonyl (C=O) groups is 1. The quantitative estimate of drug-likeness (QED) is 0.484. The second kappa shape index (κ2) is 6.25. The summed E-state index contributed by atoms with van der Waals surface area (Å²) in [6, 6.07) is 9.73. The smallest absolute Gasteiger partial charge is 0.367 e. The minimum absolute atomic E-state index is 0.189. The van der Waals surface area contributed by atoms with Gasteiger partial charge in [-0.2, -0.15) is 0 Å². The molecule has 0 amide bonds. The van der Waals surface area contributed by atoms with Gasteiger partial charge in [-0.25, -0.2) is 4.79 Å². The summed E-state index contributed by atoms with van der Waals surface area (Å²) in [7, 11) is 0. The Hall–Kier alpha value is -2.24. The van der Waals surface area contributed by atoms with Crippen LogP contribution >= 0.6 is 23.2 Å². The molecule has 0 aliphatic carbocycles. The Labute approximate surface area is 136 Å². The maximum atomic E-state index is 11.8. The number of oxime groups is 1. The Kier molecular flexibility index (Phi) is 4.18. The van der Waals surface area contributed by atoms with Crippen molar-refractivity contribution in [2.45, 2.75) is 0 Å². The van der Waals surface area contributed by atoms with Gasteiger partial charge in [0.05, 0.1) is 16.8 Å². The molecule has 2 aromatic carbocycles. The predicted octanol–water partition coefficient (Wildman–Crippen LogP) is 3.91. The number of nitrogens with zero attached hydrogens (tertiary/aromatic N) is 1. The molecule has 0 bridgehead atoms. The molecule has 22 heavy (non-hydrogen) atoms. The topological polar surface area (TPSA) is 57.1 Å². The fraction of sp³-hybridized carbons (Fsp3) is 0.0667. The van der Waals surface area contributed by atoms with Gasteiger partial charge in [0.15, 0.2) is 11.5 Å². The molecule has 0 spiro atoms. The van der Waals surface area contributed by atoms with Gasteiger partial charge in [-0.1, -0.05) is 28.4 Å². The van der Waals surface area contributed by atoms with E-state index in [0.29, 0.717) is 22.1 Å². The standard InChI is InChI=1S/C15H9Cl2NO4/c16-10-2-3-11(12(17)6-10)15(19)22-18-7-9-1-4-13-14(5-9)21-8-20-13/h1-7H,8H2. The molecular formula is C15H9Cl2NO4. The zero-order valence-electron chi connectivity index (χ0n) is 11.1. The number of rotatable bonds is 3. The van der Waals surface area contributed by atoms with Crippen molar-refractivity contribution >= 4 is 35.4 Å². The second-order valence-electron chi connectivity index (χ2n) is 4.35. The van der Waals surface area contributed by atoms with Crippen LogP contribution in [0.1, 0.15) is 15.9 Å². The number of ether oxygens (including phenoxy) is 2. The summed E-state index contributed by atoms with van der Waals surface area (Å²) in [6.07, 6.45) is 1.39. The zero-order valence-corrected chi connectivity index (χ0v) is 12.6. The van der Waals surface area contributed by atoms with Crippen LogP contribution in [0.5, 0.6) is 11.5 Å². The highest BCUT2D eigenvalue weighted by Gasteiger charge is 2.13. The normalized spacial score (nSPS) is 12.6. The molecule has 1 aliphatic rings. The fourth-order valence-electron chi connectivity index (χ4n) is 1.83. The van der Waals surface area contributed by atoms with Gasteiger partial charge < -0.3 is 14.3 Å². The lowest BCUT2D eigenvalue weighted by molar-refractivity contribution is 0.0519. The third-order valence-corrected chi connectivity index (χ3v) is 3.43. The summed E-state index contributed by atoms with van der Waals surface area (Å²) in [5, 5.41) is 4.28. The number of carbonyl (C=O) groups excluding carboxylic acids is 1. The van der Waals surface area contributed by atoms with Crippen LogP contribution in [0.4, 0.5) is 0 Å². The summed E-state index contributed by atoms with van der Waals surface area (Å²) in [5.41, 5.74) is 0.896. The van der Waals surface area contributed by atoms with Crippen LogP contribution in [0.25, 0.3) is 0 Å². The van der Waals surface area contributed by atoms with E-state index >= 15 is 0 Å². The van der Waals surface area contributed by atoms with Crippen LogP contribution in [-0.4, -0.2) is 19.0 Å². The minimum atomic E-state index is -0.668. The number of halogens is 2. The van der Waals surface area contributed by atoms with Gasteiger partial charge in [-0.3, -0.25) is 0 Å². The molecule has 0 N–H and O–H groups in total. The second-order valence-corrected chi connectivity index (χ2v) is 5.19. The Morgan fingerprint density at radius 1 is 1.14 bits per heavy atom. The third-order valence-electron chi connectivity index (χ3n) is 2.89. The largest absolute Gasteiger partial charge is 0.454 e. The van der Waals surface area contributed by atoms with E-state index in [1.54, 1.807) is 24.3 Å². The molecule has 1 heterocycles. The highest BCUT2D eigenvalue weighted by atomic mass is 35.5. The van der Waals surface area contributed by atoms with Crippen molar-refractivity contribution in [3.8, 4) is 11.5 Å². The molecule has 112 valence electrons. The molecule has 0 atom stereocenters. The van der Waals surface area contributed by atoms with Gasteiger partial charge in [-0.15, -0.1) is 0 Å². The van der Waals surface area contributed by atoms with Gasteiger partial charge in [0.2, 0.25) is 6.79 Å². The van der Waals surface area contributed by atoms with Crippen LogP contribution in [0, 0.1) is 0 Å². The molecule has 3 rings (SSSR count). The van der Waals surface area contributed by atoms with Crippen LogP contribution < -0.4 is 9.47 Å². The van der Waals surface area contributed by atoms with Crippen molar-refractivity contribution in [3.63, 3.8) is 0 Å². The fourth-order valence-corrected chi connectivity index (χ4v) is 2.32. The van der Waals surface area contributed by atoms with Gasteiger partial charge in [0.1, 0.15) is 0 Å². The average molecular weight is 338 g/mol. The van der Waals surface area contributed by atoms with E-state index in [0.717, 1.165) is 0 Å².